The van der Waals surface area contributed by atoms with Crippen LogP contribution in [0.5, 0.6) is 0 Å². The first kappa shape index (κ1) is 15.8. The van der Waals surface area contributed by atoms with Crippen molar-refractivity contribution in [1.82, 2.24) is 9.88 Å². The van der Waals surface area contributed by atoms with E-state index in [4.69, 9.17) is 5.11 Å². The second-order valence-electron chi connectivity index (χ2n) is 6.70. The summed E-state index contributed by atoms with van der Waals surface area (Å²) in [5, 5.41) is 21.7. The van der Waals surface area contributed by atoms with Crippen molar-refractivity contribution in [1.29, 1.82) is 5.26 Å². The molecule has 1 aromatic rings. The number of nitriles is 1. The molecular formula is C17H22N4O2. The first-order chi connectivity index (χ1) is 11.1. The highest BCUT2D eigenvalue weighted by Crippen LogP contribution is 2.34. The summed E-state index contributed by atoms with van der Waals surface area (Å²) in [6, 6.07) is 4.61. The Kier molecular flexibility index (Phi) is 4.49. The molecule has 3 rings (SSSR count). The Labute approximate surface area is 136 Å². The molecule has 0 bridgehead atoms. The zero-order chi connectivity index (χ0) is 16.4. The van der Waals surface area contributed by atoms with Gasteiger partial charge in [-0.1, -0.05) is 0 Å². The van der Waals surface area contributed by atoms with Crippen LogP contribution < -0.4 is 5.32 Å². The number of carbonyl (C=O) groups is 1. The Morgan fingerprint density at radius 1 is 1.52 bits per heavy atom. The molecule has 1 heterocycles. The molecule has 0 aromatic carbocycles. The van der Waals surface area contributed by atoms with E-state index in [0.29, 0.717) is 23.3 Å². The van der Waals surface area contributed by atoms with Gasteiger partial charge in [-0.3, -0.25) is 9.69 Å². The van der Waals surface area contributed by atoms with Gasteiger partial charge in [-0.25, -0.2) is 4.98 Å². The van der Waals surface area contributed by atoms with Gasteiger partial charge < -0.3 is 10.4 Å². The van der Waals surface area contributed by atoms with E-state index in [1.165, 1.54) is 12.8 Å². The van der Waals surface area contributed by atoms with Crippen LogP contribution >= 0.6 is 0 Å². The number of hydrogen-bond acceptors (Lipinski definition) is 5. The maximum atomic E-state index is 11.0. The minimum Gasteiger partial charge on any atom is -0.480 e. The predicted molar refractivity (Wildman–Crippen MR) is 86.1 cm³/mol. The van der Waals surface area contributed by atoms with Gasteiger partial charge in [-0.05, 0) is 50.2 Å². The van der Waals surface area contributed by atoms with Crippen molar-refractivity contribution in [3.8, 4) is 6.07 Å². The quantitative estimate of drug-likeness (QED) is 0.800. The predicted octanol–water partition coefficient (Wildman–Crippen LogP) is 2.00. The molecule has 0 spiro atoms. The summed E-state index contributed by atoms with van der Waals surface area (Å²) in [4.78, 5) is 17.4. The van der Waals surface area contributed by atoms with E-state index in [1.807, 2.05) is 13.0 Å². The fourth-order valence-corrected chi connectivity index (χ4v) is 3.15. The molecule has 2 saturated carbocycles. The fourth-order valence-electron chi connectivity index (χ4n) is 3.15. The summed E-state index contributed by atoms with van der Waals surface area (Å²) < 4.78 is 0. The molecule has 2 N–H and O–H groups in total. The van der Waals surface area contributed by atoms with Crippen molar-refractivity contribution < 1.29 is 9.90 Å². The second kappa shape index (κ2) is 6.55. The van der Waals surface area contributed by atoms with Gasteiger partial charge in [0.15, 0.2) is 0 Å². The number of pyridine rings is 1. The second-order valence-corrected chi connectivity index (χ2v) is 6.70. The van der Waals surface area contributed by atoms with Crippen molar-refractivity contribution in [3.63, 3.8) is 0 Å². The maximum Gasteiger partial charge on any atom is 0.317 e. The van der Waals surface area contributed by atoms with Crippen LogP contribution in [0.4, 0.5) is 5.82 Å². The average Bonchev–Trinajstić information content (AvgIpc) is 3.25. The minimum atomic E-state index is -0.755. The summed E-state index contributed by atoms with van der Waals surface area (Å²) in [5.41, 5.74) is 1.51. The van der Waals surface area contributed by atoms with Crippen molar-refractivity contribution >= 4 is 11.8 Å². The fraction of sp³-hybridized carbons (Fsp3) is 0.588. The summed E-state index contributed by atoms with van der Waals surface area (Å²) in [5.74, 6) is 0.571. The van der Waals surface area contributed by atoms with Crippen LogP contribution in [-0.2, 0) is 4.79 Å². The Morgan fingerprint density at radius 2 is 2.26 bits per heavy atom. The van der Waals surface area contributed by atoms with E-state index in [-0.39, 0.29) is 12.6 Å². The van der Waals surface area contributed by atoms with E-state index in [2.05, 4.69) is 21.3 Å². The van der Waals surface area contributed by atoms with E-state index < -0.39 is 5.97 Å². The van der Waals surface area contributed by atoms with Crippen molar-refractivity contribution in [2.75, 3.05) is 18.4 Å². The summed E-state index contributed by atoms with van der Waals surface area (Å²) >= 11 is 0. The Morgan fingerprint density at radius 3 is 2.87 bits per heavy atom. The van der Waals surface area contributed by atoms with E-state index in [9.17, 15) is 10.1 Å². The smallest absolute Gasteiger partial charge is 0.317 e. The Hall–Kier alpha value is -2.13. The normalized spacial score (nSPS) is 23.2. The zero-order valence-electron chi connectivity index (χ0n) is 13.3. The number of aryl methyl sites for hydroxylation is 1. The monoisotopic (exact) mass is 314 g/mol. The lowest BCUT2D eigenvalue weighted by atomic mass is 9.85. The summed E-state index contributed by atoms with van der Waals surface area (Å²) in [6.45, 7) is 2.93. The average molecular weight is 314 g/mol. The third-order valence-electron chi connectivity index (χ3n) is 4.77. The van der Waals surface area contributed by atoms with Crippen LogP contribution in [0.1, 0.15) is 36.8 Å². The van der Waals surface area contributed by atoms with Gasteiger partial charge in [0.1, 0.15) is 11.9 Å². The Balaban J connectivity index is 1.56. The number of nitrogens with zero attached hydrogens (tertiary/aromatic N) is 3. The van der Waals surface area contributed by atoms with E-state index >= 15 is 0 Å². The van der Waals surface area contributed by atoms with Gasteiger partial charge in [0, 0.05) is 24.8 Å². The third kappa shape index (κ3) is 3.80. The molecule has 0 saturated heterocycles. The van der Waals surface area contributed by atoms with Crippen LogP contribution in [0.2, 0.25) is 0 Å². The van der Waals surface area contributed by atoms with Crippen LogP contribution in [0.15, 0.2) is 12.3 Å². The number of aromatic nitrogens is 1. The molecule has 122 valence electrons. The summed E-state index contributed by atoms with van der Waals surface area (Å²) in [7, 11) is 0. The van der Waals surface area contributed by atoms with E-state index in [0.717, 1.165) is 24.9 Å². The highest BCUT2D eigenvalue weighted by Gasteiger charge is 2.37. The number of hydrogen-bond donors (Lipinski definition) is 2. The lowest BCUT2D eigenvalue weighted by Gasteiger charge is -2.43. The number of nitrogens with one attached hydrogen (secondary N) is 1. The van der Waals surface area contributed by atoms with Gasteiger partial charge in [0.25, 0.3) is 0 Å². The molecule has 0 amide bonds. The molecule has 6 nitrogen and oxygen atoms in total. The molecule has 0 aliphatic heterocycles. The molecule has 2 fully saturated rings. The standard InChI is InChI=1S/C17H22N4O2/c1-11-4-5-19-17(15(11)8-18)20-13-6-14(7-13)21(10-16(22)23)9-12-2-3-12/h4-5,12-14H,2-3,6-7,9-10H2,1H3,(H,19,20)(H,22,23). The first-order valence-electron chi connectivity index (χ1n) is 8.15. The number of carboxylic acid groups (broad SMARTS) is 1. The Bertz CT molecular complexity index is 630. The third-order valence-corrected chi connectivity index (χ3v) is 4.77. The maximum absolute atomic E-state index is 11.0. The van der Waals surface area contributed by atoms with Gasteiger partial charge >= 0.3 is 5.97 Å². The van der Waals surface area contributed by atoms with Gasteiger partial charge in [0.2, 0.25) is 0 Å². The highest BCUT2D eigenvalue weighted by atomic mass is 16.4. The summed E-state index contributed by atoms with van der Waals surface area (Å²) in [6.07, 6.45) is 5.96. The minimum absolute atomic E-state index is 0.125. The molecule has 23 heavy (non-hydrogen) atoms. The van der Waals surface area contributed by atoms with Gasteiger partial charge in [0.05, 0.1) is 12.1 Å². The van der Waals surface area contributed by atoms with Crippen LogP contribution in [0, 0.1) is 24.2 Å². The number of aliphatic carboxylic acids is 1. The molecule has 1 aromatic heterocycles. The first-order valence-corrected chi connectivity index (χ1v) is 8.15. The number of rotatable bonds is 7. The largest absolute Gasteiger partial charge is 0.480 e. The zero-order valence-corrected chi connectivity index (χ0v) is 13.3. The van der Waals surface area contributed by atoms with Crippen LogP contribution in [0.3, 0.4) is 0 Å². The van der Waals surface area contributed by atoms with Crippen molar-refractivity contribution in [2.45, 2.75) is 44.7 Å². The number of carboxylic acids is 1. The lowest BCUT2D eigenvalue weighted by Crippen LogP contribution is -2.52. The number of anilines is 1. The molecule has 6 heteroatoms. The molecule has 0 radical (unpaired) electrons. The highest BCUT2D eigenvalue weighted by molar-refractivity contribution is 5.69. The van der Waals surface area contributed by atoms with Crippen LogP contribution in [0.25, 0.3) is 0 Å². The van der Waals surface area contributed by atoms with Crippen molar-refractivity contribution in [3.05, 3.63) is 23.4 Å². The van der Waals surface area contributed by atoms with Crippen molar-refractivity contribution in [2.24, 2.45) is 5.92 Å². The van der Waals surface area contributed by atoms with Gasteiger partial charge in [-0.15, -0.1) is 0 Å². The molecular weight excluding hydrogens is 292 g/mol. The molecule has 2 aliphatic rings. The molecule has 2 aliphatic carbocycles. The lowest BCUT2D eigenvalue weighted by molar-refractivity contribution is -0.139. The topological polar surface area (TPSA) is 89.2 Å². The molecule has 0 unspecified atom stereocenters. The van der Waals surface area contributed by atoms with E-state index in [1.54, 1.807) is 6.20 Å². The molecule has 0 atom stereocenters. The van der Waals surface area contributed by atoms with Crippen LogP contribution in [-0.4, -0.2) is 46.1 Å². The van der Waals surface area contributed by atoms with Gasteiger partial charge in [-0.2, -0.15) is 5.26 Å². The SMILES string of the molecule is Cc1ccnc(NC2CC(N(CC(=O)O)CC3CC3)C2)c1C#N.